The Kier molecular flexibility index (Phi) is 5.09. The number of benzene rings is 1. The highest BCUT2D eigenvalue weighted by molar-refractivity contribution is 6.33. The van der Waals surface area contributed by atoms with Crippen LogP contribution in [-0.2, 0) is 7.05 Å². The Morgan fingerprint density at radius 3 is 2.64 bits per heavy atom. The zero-order valence-corrected chi connectivity index (χ0v) is 16.2. The lowest BCUT2D eigenvalue weighted by atomic mass is 9.92. The third-order valence-electron chi connectivity index (χ3n) is 5.29. The van der Waals surface area contributed by atoms with Crippen LogP contribution in [0.5, 0.6) is 0 Å². The summed E-state index contributed by atoms with van der Waals surface area (Å²) < 4.78 is 1.52. The first-order chi connectivity index (χ1) is 13.6. The molecule has 0 saturated heterocycles. The average molecular weight is 398 g/mol. The van der Waals surface area contributed by atoms with Crippen molar-refractivity contribution in [1.29, 1.82) is 0 Å². The van der Waals surface area contributed by atoms with Gasteiger partial charge < -0.3 is 5.32 Å². The molecule has 1 aliphatic carbocycles. The van der Waals surface area contributed by atoms with Crippen LogP contribution in [0.25, 0.3) is 22.2 Å². The van der Waals surface area contributed by atoms with Gasteiger partial charge in [0.15, 0.2) is 0 Å². The highest BCUT2D eigenvalue weighted by atomic mass is 35.5. The molecule has 2 aromatic heterocycles. The van der Waals surface area contributed by atoms with Gasteiger partial charge in [-0.3, -0.25) is 9.36 Å². The third kappa shape index (κ3) is 3.49. The third-order valence-corrected chi connectivity index (χ3v) is 5.62. The maximum Gasteiger partial charge on any atom is 0.259 e. The van der Waals surface area contributed by atoms with Crippen molar-refractivity contribution in [2.24, 2.45) is 12.2 Å². The molecule has 1 saturated carbocycles. The molecule has 1 fully saturated rings. The smallest absolute Gasteiger partial charge is 0.259 e. The summed E-state index contributed by atoms with van der Waals surface area (Å²) in [6.07, 6.45) is 4.95. The van der Waals surface area contributed by atoms with E-state index in [0.717, 1.165) is 31.1 Å². The van der Waals surface area contributed by atoms with Gasteiger partial charge in [-0.05, 0) is 37.8 Å². The fourth-order valence-corrected chi connectivity index (χ4v) is 3.93. The molecule has 0 aliphatic heterocycles. The Balaban J connectivity index is 1.67. The first kappa shape index (κ1) is 18.6. The summed E-state index contributed by atoms with van der Waals surface area (Å²) in [6, 6.07) is 9.17. The molecule has 1 N–H and O–H groups in total. The quantitative estimate of drug-likeness (QED) is 0.668. The molecule has 0 amide bonds. The molecule has 1 aromatic carbocycles. The van der Waals surface area contributed by atoms with Crippen LogP contribution >= 0.6 is 11.6 Å². The van der Waals surface area contributed by atoms with Gasteiger partial charge in [0.1, 0.15) is 5.65 Å². The Morgan fingerprint density at radius 1 is 1.18 bits per heavy atom. The molecule has 0 spiro atoms. The SMILES string of the molecule is Cn1c(=O)c(-c2ccccc2Cl)cc2cnc(NC3CCC(N=O)CC3)nc21. The van der Waals surface area contributed by atoms with Crippen LogP contribution in [0.1, 0.15) is 25.7 Å². The fourth-order valence-electron chi connectivity index (χ4n) is 3.70. The number of anilines is 1. The predicted molar refractivity (Wildman–Crippen MR) is 111 cm³/mol. The predicted octanol–water partition coefficient (Wildman–Crippen LogP) is 4.14. The number of aromatic nitrogens is 3. The zero-order valence-electron chi connectivity index (χ0n) is 15.4. The molecule has 0 atom stereocenters. The Bertz CT molecular complexity index is 1090. The van der Waals surface area contributed by atoms with E-state index in [4.69, 9.17) is 11.6 Å². The van der Waals surface area contributed by atoms with Crippen molar-refractivity contribution in [1.82, 2.24) is 14.5 Å². The molecular weight excluding hydrogens is 378 g/mol. The van der Waals surface area contributed by atoms with Gasteiger partial charge in [-0.1, -0.05) is 35.0 Å². The number of hydrogen-bond acceptors (Lipinski definition) is 6. The Morgan fingerprint density at radius 2 is 1.93 bits per heavy atom. The number of aryl methyl sites for hydroxylation is 1. The lowest BCUT2D eigenvalue weighted by Gasteiger charge is -2.25. The van der Waals surface area contributed by atoms with Crippen LogP contribution in [-0.4, -0.2) is 26.6 Å². The maximum absolute atomic E-state index is 12.9. The van der Waals surface area contributed by atoms with Crippen LogP contribution in [0.2, 0.25) is 5.02 Å². The Labute approximate surface area is 166 Å². The van der Waals surface area contributed by atoms with Crippen LogP contribution in [0.15, 0.2) is 46.5 Å². The van der Waals surface area contributed by atoms with Crippen molar-refractivity contribution >= 4 is 28.6 Å². The van der Waals surface area contributed by atoms with E-state index >= 15 is 0 Å². The van der Waals surface area contributed by atoms with Crippen molar-refractivity contribution in [2.75, 3.05) is 5.32 Å². The van der Waals surface area contributed by atoms with Gasteiger partial charge in [-0.25, -0.2) is 4.98 Å². The van der Waals surface area contributed by atoms with Gasteiger partial charge in [0.25, 0.3) is 5.56 Å². The zero-order chi connectivity index (χ0) is 19.7. The monoisotopic (exact) mass is 397 g/mol. The first-order valence-electron chi connectivity index (χ1n) is 9.27. The number of rotatable bonds is 4. The molecule has 1 aliphatic rings. The van der Waals surface area contributed by atoms with E-state index in [1.165, 1.54) is 4.57 Å². The molecule has 7 nitrogen and oxygen atoms in total. The number of hydrogen-bond donors (Lipinski definition) is 1. The summed E-state index contributed by atoms with van der Waals surface area (Å²) in [7, 11) is 1.70. The van der Waals surface area contributed by atoms with Crippen molar-refractivity contribution in [3.8, 4) is 11.1 Å². The molecule has 4 rings (SSSR count). The molecule has 0 bridgehead atoms. The van der Waals surface area contributed by atoms with Crippen molar-refractivity contribution in [3.63, 3.8) is 0 Å². The van der Waals surface area contributed by atoms with E-state index in [1.54, 1.807) is 25.4 Å². The van der Waals surface area contributed by atoms with Crippen LogP contribution in [0.4, 0.5) is 5.95 Å². The minimum absolute atomic E-state index is 0.0837. The summed E-state index contributed by atoms with van der Waals surface area (Å²) in [4.78, 5) is 32.5. The summed E-state index contributed by atoms with van der Waals surface area (Å²) in [5, 5.41) is 7.74. The number of pyridine rings is 1. The molecule has 0 radical (unpaired) electrons. The number of fused-ring (bicyclic) bond motifs is 1. The number of nitrogens with zero attached hydrogens (tertiary/aromatic N) is 4. The largest absolute Gasteiger partial charge is 0.351 e. The number of halogens is 1. The summed E-state index contributed by atoms with van der Waals surface area (Å²) in [6.45, 7) is 0. The first-order valence-corrected chi connectivity index (χ1v) is 9.65. The van der Waals surface area contributed by atoms with E-state index in [0.29, 0.717) is 27.7 Å². The van der Waals surface area contributed by atoms with E-state index in [2.05, 4.69) is 20.5 Å². The normalized spacial score (nSPS) is 19.5. The maximum atomic E-state index is 12.9. The molecule has 28 heavy (non-hydrogen) atoms. The summed E-state index contributed by atoms with van der Waals surface area (Å²) in [5.41, 5.74) is 1.60. The van der Waals surface area contributed by atoms with E-state index in [1.807, 2.05) is 18.2 Å². The molecule has 144 valence electrons. The lowest BCUT2D eigenvalue weighted by Crippen LogP contribution is -2.28. The molecule has 0 unspecified atom stereocenters. The second-order valence-electron chi connectivity index (χ2n) is 7.13. The molecule has 2 heterocycles. The van der Waals surface area contributed by atoms with E-state index in [9.17, 15) is 9.70 Å². The van der Waals surface area contributed by atoms with E-state index in [-0.39, 0.29) is 17.6 Å². The number of nitrogens with one attached hydrogen (secondary N) is 1. The second-order valence-corrected chi connectivity index (χ2v) is 7.54. The molecule has 8 heteroatoms. The van der Waals surface area contributed by atoms with Crippen LogP contribution < -0.4 is 10.9 Å². The van der Waals surface area contributed by atoms with Gasteiger partial charge in [0, 0.05) is 40.8 Å². The van der Waals surface area contributed by atoms with Gasteiger partial charge in [-0.15, -0.1) is 0 Å². The van der Waals surface area contributed by atoms with Crippen molar-refractivity contribution < 1.29 is 0 Å². The molecular formula is C20H20ClN5O2. The standard InChI is InChI=1S/C20H20ClN5O2/c1-26-18-12(10-16(19(26)27)15-4-2-3-5-17(15)21)11-22-20(24-18)23-13-6-8-14(25-28)9-7-13/h2-5,10-11,13-14H,6-9H2,1H3,(H,22,23,24). The Hall–Kier alpha value is -2.80. The van der Waals surface area contributed by atoms with Gasteiger partial charge in [-0.2, -0.15) is 9.89 Å². The van der Waals surface area contributed by atoms with Gasteiger partial charge >= 0.3 is 0 Å². The topological polar surface area (TPSA) is 89.2 Å². The van der Waals surface area contributed by atoms with Crippen molar-refractivity contribution in [3.05, 3.63) is 56.8 Å². The molecule has 3 aromatic rings. The lowest BCUT2D eigenvalue weighted by molar-refractivity contribution is 0.409. The van der Waals surface area contributed by atoms with Crippen molar-refractivity contribution in [2.45, 2.75) is 37.8 Å². The van der Waals surface area contributed by atoms with Gasteiger partial charge in [0.2, 0.25) is 5.95 Å². The second kappa shape index (κ2) is 7.67. The van der Waals surface area contributed by atoms with Crippen LogP contribution in [0, 0.1) is 4.91 Å². The van der Waals surface area contributed by atoms with Gasteiger partial charge in [0.05, 0.1) is 6.04 Å². The summed E-state index contributed by atoms with van der Waals surface area (Å²) >= 11 is 6.27. The highest BCUT2D eigenvalue weighted by Gasteiger charge is 2.22. The van der Waals surface area contributed by atoms with Crippen LogP contribution in [0.3, 0.4) is 0 Å². The minimum atomic E-state index is -0.164. The average Bonchev–Trinajstić information content (AvgIpc) is 2.72. The fraction of sp³-hybridized carbons (Fsp3) is 0.350. The van der Waals surface area contributed by atoms with E-state index < -0.39 is 0 Å². The highest BCUT2D eigenvalue weighted by Crippen LogP contribution is 2.27. The minimum Gasteiger partial charge on any atom is -0.351 e. The number of nitroso groups, excluding NO2 is 1. The summed E-state index contributed by atoms with van der Waals surface area (Å²) in [5.74, 6) is 0.482.